The van der Waals surface area contributed by atoms with E-state index in [2.05, 4.69) is 16.0 Å². The molecule has 1 fully saturated rings. The van der Waals surface area contributed by atoms with Crippen molar-refractivity contribution in [3.05, 3.63) is 17.6 Å². The van der Waals surface area contributed by atoms with Gasteiger partial charge < -0.3 is 4.74 Å². The average molecular weight is 189 g/mol. The van der Waals surface area contributed by atoms with Gasteiger partial charge in [-0.3, -0.25) is 0 Å². The van der Waals surface area contributed by atoms with Gasteiger partial charge in [0.25, 0.3) is 0 Å². The maximum absolute atomic E-state index is 9.01. The monoisotopic (exact) mass is 189 g/mol. The summed E-state index contributed by atoms with van der Waals surface area (Å²) in [4.78, 5) is 8.36. The van der Waals surface area contributed by atoms with Gasteiger partial charge in [-0.25, -0.2) is 4.98 Å². The van der Waals surface area contributed by atoms with Gasteiger partial charge in [-0.2, -0.15) is 10.2 Å². The first-order chi connectivity index (χ1) is 6.70. The number of aromatic nitrogens is 2. The summed E-state index contributed by atoms with van der Waals surface area (Å²) in [5.41, 5.74) is 0.436. The molecule has 1 aliphatic carbocycles. The zero-order valence-corrected chi connectivity index (χ0v) is 8.24. The van der Waals surface area contributed by atoms with Crippen LogP contribution in [0.4, 0.5) is 0 Å². The Kier molecular flexibility index (Phi) is 1.88. The van der Waals surface area contributed by atoms with Crippen molar-refractivity contribution in [3.8, 4) is 11.9 Å². The topological polar surface area (TPSA) is 58.8 Å². The quantitative estimate of drug-likeness (QED) is 0.704. The van der Waals surface area contributed by atoms with Gasteiger partial charge in [0, 0.05) is 6.07 Å². The lowest BCUT2D eigenvalue weighted by Gasteiger charge is -2.07. The highest BCUT2D eigenvalue weighted by atomic mass is 16.5. The molecule has 0 aliphatic heterocycles. The molecule has 0 amide bonds. The maximum Gasteiger partial charge on any atom is 0.216 e. The summed E-state index contributed by atoms with van der Waals surface area (Å²) in [5, 5.41) is 9.01. The first kappa shape index (κ1) is 8.95. The van der Waals surface area contributed by atoms with Crippen molar-refractivity contribution in [2.24, 2.45) is 0 Å². The zero-order chi connectivity index (χ0) is 10.2. The van der Waals surface area contributed by atoms with Crippen LogP contribution >= 0.6 is 0 Å². The van der Waals surface area contributed by atoms with E-state index in [4.69, 9.17) is 10.00 Å². The predicted octanol–water partition coefficient (Wildman–Crippen LogP) is 1.35. The number of hydrogen-bond acceptors (Lipinski definition) is 4. The van der Waals surface area contributed by atoms with E-state index in [9.17, 15) is 0 Å². The van der Waals surface area contributed by atoms with Gasteiger partial charge in [-0.1, -0.05) is 0 Å². The van der Waals surface area contributed by atoms with Gasteiger partial charge in [0.15, 0.2) is 0 Å². The zero-order valence-electron chi connectivity index (χ0n) is 8.24. The molecule has 1 aromatic heterocycles. The van der Waals surface area contributed by atoms with Crippen LogP contribution in [0.5, 0.6) is 5.88 Å². The normalized spacial score (nSPS) is 17.2. The summed E-state index contributed by atoms with van der Waals surface area (Å²) in [5.74, 6) is 1.19. The van der Waals surface area contributed by atoms with Crippen LogP contribution in [0.2, 0.25) is 0 Å². The van der Waals surface area contributed by atoms with E-state index in [0.717, 1.165) is 18.5 Å². The molecule has 4 nitrogen and oxygen atoms in total. The Morgan fingerprint density at radius 2 is 2.21 bits per heavy atom. The minimum atomic E-state index is -0.360. The Labute approximate surface area is 82.6 Å². The molecule has 1 heterocycles. The maximum atomic E-state index is 9.01. The van der Waals surface area contributed by atoms with Gasteiger partial charge in [-0.05, 0) is 19.8 Å². The SMILES string of the molecule is COc1cc(C2(C#N)CC2)nc(C)n1. The molecular weight excluding hydrogens is 178 g/mol. The number of hydrogen-bond donors (Lipinski definition) is 0. The van der Waals surface area contributed by atoms with Gasteiger partial charge in [-0.15, -0.1) is 0 Å². The van der Waals surface area contributed by atoms with Crippen molar-refractivity contribution in [3.63, 3.8) is 0 Å². The Morgan fingerprint density at radius 3 is 2.71 bits per heavy atom. The average Bonchev–Trinajstić information content (AvgIpc) is 2.97. The highest BCUT2D eigenvalue weighted by Crippen LogP contribution is 2.47. The summed E-state index contributed by atoms with van der Waals surface area (Å²) < 4.78 is 5.04. The molecule has 0 N–H and O–H groups in total. The Bertz CT molecular complexity index is 404. The van der Waals surface area contributed by atoms with Crippen molar-refractivity contribution in [2.75, 3.05) is 7.11 Å². The van der Waals surface area contributed by atoms with Gasteiger partial charge >= 0.3 is 0 Å². The van der Waals surface area contributed by atoms with Gasteiger partial charge in [0.2, 0.25) is 5.88 Å². The largest absolute Gasteiger partial charge is 0.481 e. The predicted molar refractivity (Wildman–Crippen MR) is 49.8 cm³/mol. The third kappa shape index (κ3) is 1.31. The third-order valence-corrected chi connectivity index (χ3v) is 2.48. The minimum Gasteiger partial charge on any atom is -0.481 e. The summed E-state index contributed by atoms with van der Waals surface area (Å²) >= 11 is 0. The van der Waals surface area contributed by atoms with Crippen LogP contribution in [0, 0.1) is 18.3 Å². The Hall–Kier alpha value is -1.63. The number of methoxy groups -OCH3 is 1. The lowest BCUT2D eigenvalue weighted by Crippen LogP contribution is -2.08. The fourth-order valence-electron chi connectivity index (χ4n) is 1.44. The van der Waals surface area contributed by atoms with E-state index in [1.165, 1.54) is 0 Å². The van der Waals surface area contributed by atoms with E-state index < -0.39 is 0 Å². The summed E-state index contributed by atoms with van der Waals surface area (Å²) in [6.07, 6.45) is 1.78. The molecule has 0 saturated heterocycles. The molecule has 1 saturated carbocycles. The minimum absolute atomic E-state index is 0.360. The van der Waals surface area contributed by atoms with Crippen LogP contribution in [0.1, 0.15) is 24.4 Å². The number of ether oxygens (including phenoxy) is 1. The van der Waals surface area contributed by atoms with E-state index >= 15 is 0 Å². The third-order valence-electron chi connectivity index (χ3n) is 2.48. The molecule has 4 heteroatoms. The lowest BCUT2D eigenvalue weighted by atomic mass is 10.0. The molecule has 0 radical (unpaired) electrons. The summed E-state index contributed by atoms with van der Waals surface area (Å²) in [7, 11) is 1.57. The molecule has 0 unspecified atom stereocenters. The van der Waals surface area contributed by atoms with Gasteiger partial charge in [0.1, 0.15) is 5.82 Å². The first-order valence-electron chi connectivity index (χ1n) is 4.51. The summed E-state index contributed by atoms with van der Waals surface area (Å²) in [6.45, 7) is 1.81. The first-order valence-corrected chi connectivity index (χ1v) is 4.51. The van der Waals surface area contributed by atoms with E-state index in [1.807, 2.05) is 0 Å². The Balaban J connectivity index is 2.45. The van der Waals surface area contributed by atoms with E-state index in [1.54, 1.807) is 20.1 Å². The van der Waals surface area contributed by atoms with Crippen LogP contribution in [0.3, 0.4) is 0 Å². The second kappa shape index (κ2) is 2.95. The molecular formula is C10H11N3O. The highest BCUT2D eigenvalue weighted by Gasteiger charge is 2.46. The second-order valence-electron chi connectivity index (χ2n) is 3.54. The van der Waals surface area contributed by atoms with Crippen molar-refractivity contribution in [1.82, 2.24) is 9.97 Å². The van der Waals surface area contributed by atoms with Crippen LogP contribution in [0.15, 0.2) is 6.07 Å². The second-order valence-corrected chi connectivity index (χ2v) is 3.54. The molecule has 0 spiro atoms. The van der Waals surface area contributed by atoms with E-state index in [-0.39, 0.29) is 5.41 Å². The van der Waals surface area contributed by atoms with Crippen LogP contribution in [0.25, 0.3) is 0 Å². The molecule has 72 valence electrons. The number of nitrogens with zero attached hydrogens (tertiary/aromatic N) is 3. The molecule has 1 aromatic rings. The number of aryl methyl sites for hydroxylation is 1. The van der Waals surface area contributed by atoms with Crippen LogP contribution in [-0.2, 0) is 5.41 Å². The fourth-order valence-corrected chi connectivity index (χ4v) is 1.44. The molecule has 0 bridgehead atoms. The molecule has 1 aliphatic rings. The van der Waals surface area contributed by atoms with E-state index in [0.29, 0.717) is 11.7 Å². The molecule has 2 rings (SSSR count). The summed E-state index contributed by atoms with van der Waals surface area (Å²) in [6, 6.07) is 4.05. The molecule has 0 aromatic carbocycles. The highest BCUT2D eigenvalue weighted by molar-refractivity contribution is 5.36. The number of rotatable bonds is 2. The smallest absolute Gasteiger partial charge is 0.216 e. The van der Waals surface area contributed by atoms with Crippen molar-refractivity contribution in [2.45, 2.75) is 25.2 Å². The fraction of sp³-hybridized carbons (Fsp3) is 0.500. The standard InChI is InChI=1S/C10H11N3O/c1-7-12-8(5-9(13-7)14-2)10(6-11)3-4-10/h5H,3-4H2,1-2H3. The van der Waals surface area contributed by atoms with Crippen molar-refractivity contribution >= 4 is 0 Å². The van der Waals surface area contributed by atoms with Crippen molar-refractivity contribution < 1.29 is 4.74 Å². The lowest BCUT2D eigenvalue weighted by molar-refractivity contribution is 0.394. The Morgan fingerprint density at radius 1 is 1.50 bits per heavy atom. The number of nitriles is 1. The van der Waals surface area contributed by atoms with Crippen molar-refractivity contribution in [1.29, 1.82) is 5.26 Å². The van der Waals surface area contributed by atoms with Crippen LogP contribution in [-0.4, -0.2) is 17.1 Å². The van der Waals surface area contributed by atoms with Crippen LogP contribution < -0.4 is 4.74 Å². The molecule has 0 atom stereocenters. The van der Waals surface area contributed by atoms with Gasteiger partial charge in [0.05, 0.1) is 24.3 Å². The molecule has 14 heavy (non-hydrogen) atoms.